The normalized spacial score (nSPS) is 14.5. The van der Waals surface area contributed by atoms with Crippen LogP contribution in [-0.4, -0.2) is 4.98 Å². The first-order chi connectivity index (χ1) is 9.04. The van der Waals surface area contributed by atoms with Crippen LogP contribution in [0.1, 0.15) is 16.7 Å². The van der Waals surface area contributed by atoms with Gasteiger partial charge in [0.1, 0.15) is 0 Å². The molecular formula is C14H11F3N2. The molecular weight excluding hydrogens is 253 g/mol. The highest BCUT2D eigenvalue weighted by atomic mass is 19.4. The van der Waals surface area contributed by atoms with E-state index in [1.807, 2.05) is 6.07 Å². The molecule has 2 nitrogen and oxygen atoms in total. The summed E-state index contributed by atoms with van der Waals surface area (Å²) in [6, 6.07) is 7.02. The van der Waals surface area contributed by atoms with Crippen LogP contribution >= 0.6 is 0 Å². The van der Waals surface area contributed by atoms with Crippen molar-refractivity contribution in [1.82, 2.24) is 10.3 Å². The van der Waals surface area contributed by atoms with Gasteiger partial charge in [0, 0.05) is 24.8 Å². The van der Waals surface area contributed by atoms with Crippen molar-refractivity contribution in [2.45, 2.75) is 19.3 Å². The number of pyridine rings is 1. The lowest BCUT2D eigenvalue weighted by molar-refractivity contribution is -0.137. The molecule has 0 saturated heterocycles. The van der Waals surface area contributed by atoms with E-state index in [2.05, 4.69) is 10.3 Å². The van der Waals surface area contributed by atoms with Gasteiger partial charge in [-0.05, 0) is 29.3 Å². The zero-order chi connectivity index (χ0) is 13.5. The van der Waals surface area contributed by atoms with Gasteiger partial charge < -0.3 is 5.32 Å². The SMILES string of the molecule is FC(F)(F)c1ccc(-c2cc3c(cn2)CNC3)cc1. The highest BCUT2D eigenvalue weighted by molar-refractivity contribution is 5.61. The van der Waals surface area contributed by atoms with E-state index in [9.17, 15) is 13.2 Å². The first-order valence-corrected chi connectivity index (χ1v) is 5.90. The number of benzene rings is 1. The van der Waals surface area contributed by atoms with Gasteiger partial charge in [0.25, 0.3) is 0 Å². The summed E-state index contributed by atoms with van der Waals surface area (Å²) in [5, 5.41) is 3.21. The second-order valence-electron chi connectivity index (χ2n) is 4.52. The first-order valence-electron chi connectivity index (χ1n) is 5.90. The summed E-state index contributed by atoms with van der Waals surface area (Å²) >= 11 is 0. The van der Waals surface area contributed by atoms with E-state index in [4.69, 9.17) is 0 Å². The molecule has 98 valence electrons. The molecule has 19 heavy (non-hydrogen) atoms. The van der Waals surface area contributed by atoms with Crippen LogP contribution in [0.15, 0.2) is 36.5 Å². The van der Waals surface area contributed by atoms with Crippen LogP contribution in [0.3, 0.4) is 0 Å². The molecule has 0 saturated carbocycles. The minimum absolute atomic E-state index is 0.640. The van der Waals surface area contributed by atoms with E-state index in [1.54, 1.807) is 6.20 Å². The molecule has 0 aliphatic carbocycles. The zero-order valence-corrected chi connectivity index (χ0v) is 9.96. The molecule has 2 heterocycles. The van der Waals surface area contributed by atoms with E-state index >= 15 is 0 Å². The highest BCUT2D eigenvalue weighted by Gasteiger charge is 2.30. The molecule has 1 aliphatic heterocycles. The van der Waals surface area contributed by atoms with E-state index in [0.29, 0.717) is 11.3 Å². The fourth-order valence-electron chi connectivity index (χ4n) is 2.17. The Morgan fingerprint density at radius 3 is 2.37 bits per heavy atom. The van der Waals surface area contributed by atoms with Crippen LogP contribution < -0.4 is 5.32 Å². The van der Waals surface area contributed by atoms with Gasteiger partial charge >= 0.3 is 6.18 Å². The number of nitrogens with zero attached hydrogens (tertiary/aromatic N) is 1. The second kappa shape index (κ2) is 4.35. The van der Waals surface area contributed by atoms with Crippen molar-refractivity contribution in [3.63, 3.8) is 0 Å². The lowest BCUT2D eigenvalue weighted by atomic mass is 10.1. The maximum absolute atomic E-state index is 12.5. The van der Waals surface area contributed by atoms with Crippen molar-refractivity contribution in [3.8, 4) is 11.3 Å². The molecule has 1 aromatic heterocycles. The van der Waals surface area contributed by atoms with E-state index < -0.39 is 11.7 Å². The van der Waals surface area contributed by atoms with Gasteiger partial charge in [-0.25, -0.2) is 0 Å². The van der Waals surface area contributed by atoms with Crippen LogP contribution in [-0.2, 0) is 19.3 Å². The standard InChI is InChI=1S/C14H11F3N2/c15-14(16,17)12-3-1-9(2-4-12)13-5-10-6-18-7-11(10)8-19-13/h1-5,8,18H,6-7H2. The first kappa shape index (κ1) is 12.2. The molecule has 0 unspecified atom stereocenters. The van der Waals surface area contributed by atoms with Crippen molar-refractivity contribution in [1.29, 1.82) is 0 Å². The Bertz CT molecular complexity index is 603. The van der Waals surface area contributed by atoms with Gasteiger partial charge in [-0.15, -0.1) is 0 Å². The second-order valence-corrected chi connectivity index (χ2v) is 4.52. The summed E-state index contributed by atoms with van der Waals surface area (Å²) < 4.78 is 37.4. The number of nitrogens with one attached hydrogen (secondary N) is 1. The number of hydrogen-bond acceptors (Lipinski definition) is 2. The highest BCUT2D eigenvalue weighted by Crippen LogP contribution is 2.31. The average molecular weight is 264 g/mol. The quantitative estimate of drug-likeness (QED) is 0.854. The zero-order valence-electron chi connectivity index (χ0n) is 9.96. The molecule has 0 atom stereocenters. The van der Waals surface area contributed by atoms with Gasteiger partial charge in [0.05, 0.1) is 11.3 Å². The Balaban J connectivity index is 1.94. The molecule has 5 heteroatoms. The smallest absolute Gasteiger partial charge is 0.309 e. The summed E-state index contributed by atoms with van der Waals surface area (Å²) in [7, 11) is 0. The topological polar surface area (TPSA) is 24.9 Å². The molecule has 3 rings (SSSR count). The number of fused-ring (bicyclic) bond motifs is 1. The molecule has 2 aromatic rings. The Morgan fingerprint density at radius 2 is 1.68 bits per heavy atom. The predicted molar refractivity (Wildman–Crippen MR) is 65.2 cm³/mol. The summed E-state index contributed by atoms with van der Waals surface area (Å²) in [6.45, 7) is 1.58. The third kappa shape index (κ3) is 2.33. The number of alkyl halides is 3. The molecule has 0 radical (unpaired) electrons. The van der Waals surface area contributed by atoms with Crippen molar-refractivity contribution >= 4 is 0 Å². The minimum Gasteiger partial charge on any atom is -0.309 e. The Morgan fingerprint density at radius 1 is 1.00 bits per heavy atom. The Labute approximate surface area is 108 Å². The fraction of sp³-hybridized carbons (Fsp3) is 0.214. The summed E-state index contributed by atoms with van der Waals surface area (Å²) in [5.41, 5.74) is 3.07. The Hall–Kier alpha value is -1.88. The van der Waals surface area contributed by atoms with E-state index in [1.165, 1.54) is 12.1 Å². The third-order valence-corrected chi connectivity index (χ3v) is 3.22. The number of aromatic nitrogens is 1. The monoisotopic (exact) mass is 264 g/mol. The van der Waals surface area contributed by atoms with Crippen molar-refractivity contribution < 1.29 is 13.2 Å². The number of halogens is 3. The van der Waals surface area contributed by atoms with E-state index in [0.717, 1.165) is 36.3 Å². The van der Waals surface area contributed by atoms with Gasteiger partial charge in [-0.3, -0.25) is 4.98 Å². The Kier molecular flexibility index (Phi) is 2.78. The molecule has 0 bridgehead atoms. The molecule has 1 aliphatic rings. The maximum Gasteiger partial charge on any atom is 0.416 e. The third-order valence-electron chi connectivity index (χ3n) is 3.22. The van der Waals surface area contributed by atoms with Crippen LogP contribution in [0.2, 0.25) is 0 Å². The summed E-state index contributed by atoms with van der Waals surface area (Å²) in [5.74, 6) is 0. The summed E-state index contributed by atoms with van der Waals surface area (Å²) in [6.07, 6.45) is -2.52. The van der Waals surface area contributed by atoms with Crippen LogP contribution in [0.4, 0.5) is 13.2 Å². The average Bonchev–Trinajstić information content (AvgIpc) is 2.85. The van der Waals surface area contributed by atoms with E-state index in [-0.39, 0.29) is 0 Å². The minimum atomic E-state index is -4.30. The lowest BCUT2D eigenvalue weighted by Gasteiger charge is -2.08. The largest absolute Gasteiger partial charge is 0.416 e. The predicted octanol–water partition coefficient (Wildman–Crippen LogP) is 3.37. The summed E-state index contributed by atoms with van der Waals surface area (Å²) in [4.78, 5) is 4.29. The molecule has 0 spiro atoms. The molecule has 0 fully saturated rings. The maximum atomic E-state index is 12.5. The van der Waals surface area contributed by atoms with Gasteiger partial charge in [0.2, 0.25) is 0 Å². The van der Waals surface area contributed by atoms with Crippen molar-refractivity contribution in [3.05, 3.63) is 53.2 Å². The van der Waals surface area contributed by atoms with Gasteiger partial charge in [-0.1, -0.05) is 12.1 Å². The van der Waals surface area contributed by atoms with Crippen molar-refractivity contribution in [2.24, 2.45) is 0 Å². The lowest BCUT2D eigenvalue weighted by Crippen LogP contribution is -2.04. The number of rotatable bonds is 1. The van der Waals surface area contributed by atoms with Crippen LogP contribution in [0, 0.1) is 0 Å². The fourth-order valence-corrected chi connectivity index (χ4v) is 2.17. The molecule has 0 amide bonds. The molecule has 1 N–H and O–H groups in total. The van der Waals surface area contributed by atoms with Crippen molar-refractivity contribution in [2.75, 3.05) is 0 Å². The van der Waals surface area contributed by atoms with Crippen LogP contribution in [0.5, 0.6) is 0 Å². The molecule has 1 aromatic carbocycles. The van der Waals surface area contributed by atoms with Crippen LogP contribution in [0.25, 0.3) is 11.3 Å². The van der Waals surface area contributed by atoms with Gasteiger partial charge in [-0.2, -0.15) is 13.2 Å². The van der Waals surface area contributed by atoms with Gasteiger partial charge in [0.15, 0.2) is 0 Å². The number of hydrogen-bond donors (Lipinski definition) is 1.